The predicted octanol–water partition coefficient (Wildman–Crippen LogP) is 7.74. The van der Waals surface area contributed by atoms with E-state index in [9.17, 15) is 18.0 Å². The summed E-state index contributed by atoms with van der Waals surface area (Å²) in [5.74, 6) is -0.0842. The Kier molecular flexibility index (Phi) is 6.12. The van der Waals surface area contributed by atoms with Gasteiger partial charge in [0.15, 0.2) is 0 Å². The fourth-order valence-corrected chi connectivity index (χ4v) is 3.91. The largest absolute Gasteiger partial charge is 0.487 e. The first-order chi connectivity index (χ1) is 15.1. The van der Waals surface area contributed by atoms with E-state index < -0.39 is 17.6 Å². The van der Waals surface area contributed by atoms with Crippen LogP contribution in [0, 0.1) is 0 Å². The Balaban J connectivity index is 1.55. The zero-order chi connectivity index (χ0) is 23.0. The summed E-state index contributed by atoms with van der Waals surface area (Å²) in [7, 11) is 0. The van der Waals surface area contributed by atoms with E-state index in [1.165, 1.54) is 6.07 Å². The summed E-state index contributed by atoms with van der Waals surface area (Å²) in [5.41, 5.74) is 1.23. The number of alkyl halides is 3. The van der Waals surface area contributed by atoms with Crippen molar-refractivity contribution in [3.05, 3.63) is 91.9 Å². The van der Waals surface area contributed by atoms with Crippen LogP contribution in [0.25, 0.3) is 11.6 Å². The summed E-state index contributed by atoms with van der Waals surface area (Å²) < 4.78 is 44.5. The summed E-state index contributed by atoms with van der Waals surface area (Å²) in [6.45, 7) is 0.174. The molecular weight excluding hydrogens is 486 g/mol. The smallest absolute Gasteiger partial charge is 0.416 e. The lowest BCUT2D eigenvalue weighted by atomic mass is 10.0. The maximum atomic E-state index is 12.9. The summed E-state index contributed by atoms with van der Waals surface area (Å²) in [6, 6.07) is 13.1. The molecule has 3 aromatic rings. The lowest BCUT2D eigenvalue weighted by Gasteiger charge is -2.10. The minimum Gasteiger partial charge on any atom is -0.487 e. The molecule has 0 fully saturated rings. The number of hydrogen-bond donors (Lipinski definition) is 1. The second-order valence-electron chi connectivity index (χ2n) is 6.98. The summed E-state index contributed by atoms with van der Waals surface area (Å²) in [4.78, 5) is 12.3. The highest BCUT2D eigenvalue weighted by Gasteiger charge is 2.33. The first-order valence-corrected chi connectivity index (χ1v) is 10.4. The van der Waals surface area contributed by atoms with E-state index in [0.717, 1.165) is 17.7 Å². The first kappa shape index (κ1) is 22.5. The predicted molar refractivity (Wildman–Crippen MR) is 120 cm³/mol. The van der Waals surface area contributed by atoms with Gasteiger partial charge in [0.1, 0.15) is 12.4 Å². The molecule has 0 saturated carbocycles. The van der Waals surface area contributed by atoms with Crippen molar-refractivity contribution >= 4 is 58.0 Å². The first-order valence-electron chi connectivity index (χ1n) is 9.23. The number of carbonyl (C=O) groups excluding carboxylic acids is 1. The Hall–Kier alpha value is -2.67. The van der Waals surface area contributed by atoms with Crippen molar-refractivity contribution in [3.8, 4) is 5.75 Å². The molecule has 4 rings (SSSR count). The number of halogens is 6. The molecule has 0 atom stereocenters. The van der Waals surface area contributed by atoms with E-state index in [1.54, 1.807) is 42.5 Å². The van der Waals surface area contributed by atoms with E-state index in [0.29, 0.717) is 31.9 Å². The van der Waals surface area contributed by atoms with Crippen LogP contribution < -0.4 is 10.1 Å². The van der Waals surface area contributed by atoms with Crippen molar-refractivity contribution < 1.29 is 22.7 Å². The number of nitrogens with one attached hydrogen (secondary N) is 1. The molecule has 32 heavy (non-hydrogen) atoms. The van der Waals surface area contributed by atoms with Gasteiger partial charge in [0.25, 0.3) is 5.91 Å². The second-order valence-corrected chi connectivity index (χ2v) is 8.24. The van der Waals surface area contributed by atoms with Gasteiger partial charge in [-0.25, -0.2) is 0 Å². The number of anilines is 1. The lowest BCUT2D eigenvalue weighted by molar-refractivity contribution is -0.137. The minimum absolute atomic E-state index is 0.113. The molecule has 0 bridgehead atoms. The quantitative estimate of drug-likeness (QED) is 0.374. The van der Waals surface area contributed by atoms with Gasteiger partial charge in [0.05, 0.1) is 10.6 Å². The molecule has 3 nitrogen and oxygen atoms in total. The van der Waals surface area contributed by atoms with Crippen LogP contribution in [0.5, 0.6) is 5.75 Å². The van der Waals surface area contributed by atoms with Crippen molar-refractivity contribution in [2.45, 2.75) is 12.8 Å². The molecule has 1 N–H and O–H groups in total. The van der Waals surface area contributed by atoms with Gasteiger partial charge in [-0.1, -0.05) is 53.0 Å². The molecule has 3 aromatic carbocycles. The Labute approximate surface area is 196 Å². The number of carbonyl (C=O) groups is 1. The second kappa shape index (κ2) is 8.70. The topological polar surface area (TPSA) is 38.3 Å². The molecule has 0 spiro atoms. The monoisotopic (exact) mass is 497 g/mol. The lowest BCUT2D eigenvalue weighted by Crippen LogP contribution is -2.06. The molecule has 164 valence electrons. The fourth-order valence-electron chi connectivity index (χ4n) is 3.20. The number of rotatable bonds is 4. The van der Waals surface area contributed by atoms with E-state index in [2.05, 4.69) is 5.32 Å². The minimum atomic E-state index is -4.49. The number of hydrogen-bond acceptors (Lipinski definition) is 2. The van der Waals surface area contributed by atoms with Crippen LogP contribution in [0.4, 0.5) is 18.9 Å². The Morgan fingerprint density at radius 2 is 1.72 bits per heavy atom. The number of ether oxygens (including phenoxy) is 1. The van der Waals surface area contributed by atoms with Crippen LogP contribution in [0.3, 0.4) is 0 Å². The zero-order valence-electron chi connectivity index (χ0n) is 16.1. The molecule has 0 saturated heterocycles. The summed E-state index contributed by atoms with van der Waals surface area (Å²) >= 11 is 18.3. The van der Waals surface area contributed by atoms with Gasteiger partial charge in [0, 0.05) is 32.4 Å². The van der Waals surface area contributed by atoms with Gasteiger partial charge >= 0.3 is 6.18 Å². The third-order valence-electron chi connectivity index (χ3n) is 4.80. The molecule has 1 aliphatic heterocycles. The van der Waals surface area contributed by atoms with Crippen LogP contribution in [-0.2, 0) is 17.6 Å². The van der Waals surface area contributed by atoms with Crippen molar-refractivity contribution in [1.82, 2.24) is 0 Å². The van der Waals surface area contributed by atoms with Crippen molar-refractivity contribution in [3.63, 3.8) is 0 Å². The van der Waals surface area contributed by atoms with Crippen molar-refractivity contribution in [1.29, 1.82) is 0 Å². The van der Waals surface area contributed by atoms with Gasteiger partial charge in [-0.05, 0) is 48.0 Å². The van der Waals surface area contributed by atoms with E-state index in [4.69, 9.17) is 39.5 Å². The average molecular weight is 499 g/mol. The number of amides is 1. The normalized spacial score (nSPS) is 14.4. The van der Waals surface area contributed by atoms with Crippen molar-refractivity contribution in [2.24, 2.45) is 0 Å². The standard InChI is InChI=1S/C23H13Cl3F3NO2/c24-15-4-2-13(18(25)10-15)11-32-21-6-1-12(8-19(21)26)7-17-16-5-3-14(23(27,28)29)9-20(16)30-22(17)31/h1-10H,11H2,(H,30,31)/b17-7-. The van der Waals surface area contributed by atoms with E-state index in [-0.39, 0.29) is 17.9 Å². The van der Waals surface area contributed by atoms with Gasteiger partial charge in [-0.3, -0.25) is 4.79 Å². The van der Waals surface area contributed by atoms with Gasteiger partial charge < -0.3 is 10.1 Å². The molecule has 1 heterocycles. The zero-order valence-corrected chi connectivity index (χ0v) is 18.3. The molecule has 1 aliphatic rings. The van der Waals surface area contributed by atoms with Crippen LogP contribution in [-0.4, -0.2) is 5.91 Å². The Bertz CT molecular complexity index is 1260. The molecular formula is C23H13Cl3F3NO2. The molecule has 0 aromatic heterocycles. The highest BCUT2D eigenvalue weighted by atomic mass is 35.5. The third kappa shape index (κ3) is 4.72. The average Bonchev–Trinajstić information content (AvgIpc) is 3.02. The SMILES string of the molecule is O=C1Nc2cc(C(F)(F)F)ccc2/C1=C/c1ccc(OCc2ccc(Cl)cc2Cl)c(Cl)c1. The van der Waals surface area contributed by atoms with Crippen LogP contribution >= 0.6 is 34.8 Å². The van der Waals surface area contributed by atoms with Gasteiger partial charge in [-0.15, -0.1) is 0 Å². The van der Waals surface area contributed by atoms with E-state index >= 15 is 0 Å². The van der Waals surface area contributed by atoms with Crippen LogP contribution in [0.1, 0.15) is 22.3 Å². The molecule has 0 unspecified atom stereocenters. The summed E-state index contributed by atoms with van der Waals surface area (Å²) in [6.07, 6.45) is -2.94. The Morgan fingerprint density at radius 3 is 2.41 bits per heavy atom. The molecule has 1 amide bonds. The number of benzene rings is 3. The van der Waals surface area contributed by atoms with Crippen molar-refractivity contribution in [2.75, 3.05) is 5.32 Å². The molecule has 0 radical (unpaired) electrons. The van der Waals surface area contributed by atoms with Crippen LogP contribution in [0.2, 0.25) is 15.1 Å². The molecule has 0 aliphatic carbocycles. The highest BCUT2D eigenvalue weighted by molar-refractivity contribution is 6.36. The highest BCUT2D eigenvalue weighted by Crippen LogP contribution is 2.39. The summed E-state index contributed by atoms with van der Waals surface area (Å²) in [5, 5.41) is 3.75. The maximum Gasteiger partial charge on any atom is 0.416 e. The van der Waals surface area contributed by atoms with Crippen LogP contribution in [0.15, 0.2) is 54.6 Å². The maximum absolute atomic E-state index is 12.9. The third-order valence-corrected chi connectivity index (χ3v) is 5.68. The fraction of sp³-hybridized carbons (Fsp3) is 0.0870. The van der Waals surface area contributed by atoms with E-state index in [1.807, 2.05) is 0 Å². The van der Waals surface area contributed by atoms with Gasteiger partial charge in [-0.2, -0.15) is 13.2 Å². The number of fused-ring (bicyclic) bond motifs is 1. The van der Waals surface area contributed by atoms with Gasteiger partial charge in [0.2, 0.25) is 0 Å². The Morgan fingerprint density at radius 1 is 0.938 bits per heavy atom. The molecule has 9 heteroatoms.